The number of ether oxygens (including phenoxy) is 1. The van der Waals surface area contributed by atoms with Crippen LogP contribution in [0.2, 0.25) is 0 Å². The van der Waals surface area contributed by atoms with Crippen LogP contribution in [-0.2, 0) is 19.2 Å². The average Bonchev–Trinajstić information content (AvgIpc) is 3.19. The Hall–Kier alpha value is -3.32. The molecule has 2 fully saturated rings. The summed E-state index contributed by atoms with van der Waals surface area (Å²) in [5.74, 6) is -1.85. The molecule has 0 spiro atoms. The van der Waals surface area contributed by atoms with E-state index in [0.29, 0.717) is 28.9 Å². The number of aliphatic hydroxyl groups excluding tert-OH is 1. The molecule has 7 heteroatoms. The fourth-order valence-electron chi connectivity index (χ4n) is 7.45. The molecule has 1 aromatic rings. The van der Waals surface area contributed by atoms with Gasteiger partial charge in [-0.05, 0) is 50.7 Å². The first kappa shape index (κ1) is 25.0. The average molecular weight is 516 g/mol. The number of hydrogen-bond acceptors (Lipinski definition) is 6. The van der Waals surface area contributed by atoms with Crippen molar-refractivity contribution in [3.63, 3.8) is 0 Å². The van der Waals surface area contributed by atoms with Crippen molar-refractivity contribution in [2.45, 2.75) is 63.8 Å². The van der Waals surface area contributed by atoms with Crippen molar-refractivity contribution in [1.82, 2.24) is 4.90 Å². The number of amides is 2. The van der Waals surface area contributed by atoms with E-state index in [0.717, 1.165) is 43.2 Å². The van der Waals surface area contributed by atoms with E-state index in [4.69, 9.17) is 4.74 Å². The topological polar surface area (TPSA) is 101 Å². The summed E-state index contributed by atoms with van der Waals surface area (Å²) in [6.45, 7) is 1.60. The number of Topliss-reactive ketones (excluding diaryl/α,β-unsaturated/α-hetero) is 1. The Kier molecular flexibility index (Phi) is 6.42. The molecule has 1 N–H and O–H groups in total. The van der Waals surface area contributed by atoms with Crippen molar-refractivity contribution >= 4 is 23.4 Å². The van der Waals surface area contributed by atoms with Crippen LogP contribution in [0, 0.1) is 17.8 Å². The normalized spacial score (nSPS) is 29.6. The van der Waals surface area contributed by atoms with E-state index in [2.05, 4.69) is 0 Å². The molecule has 4 aliphatic carbocycles. The minimum Gasteiger partial charge on any atom is -0.491 e. The molecule has 0 bridgehead atoms. The SMILES string of the molecule is CC1=CC(=O)C2=C(C1=O)[C@@H](c1ccccc1OCCO)C1=CC[C@@H]3C(=O)N(C4CCCCC4)C(=O)[C@@H]3[C@@H]1C2. The maximum atomic E-state index is 14.0. The molecule has 6 rings (SSSR count). The fraction of sp³-hybridized carbons (Fsp3) is 0.484. The van der Waals surface area contributed by atoms with Crippen LogP contribution in [-0.4, -0.2) is 52.6 Å². The van der Waals surface area contributed by atoms with E-state index in [1.807, 2.05) is 24.3 Å². The van der Waals surface area contributed by atoms with Crippen molar-refractivity contribution in [2.24, 2.45) is 17.8 Å². The molecular formula is C31H33NO6. The molecule has 4 atom stereocenters. The van der Waals surface area contributed by atoms with Gasteiger partial charge in [-0.3, -0.25) is 24.1 Å². The lowest BCUT2D eigenvalue weighted by molar-refractivity contribution is -0.143. The minimum absolute atomic E-state index is 0.0388. The summed E-state index contributed by atoms with van der Waals surface area (Å²) < 4.78 is 5.87. The summed E-state index contributed by atoms with van der Waals surface area (Å²) in [7, 11) is 0. The first-order chi connectivity index (χ1) is 18.4. The van der Waals surface area contributed by atoms with E-state index in [9.17, 15) is 24.3 Å². The van der Waals surface area contributed by atoms with Gasteiger partial charge in [-0.15, -0.1) is 0 Å². The number of carbonyl (C=O) groups excluding carboxylic acids is 4. The van der Waals surface area contributed by atoms with Gasteiger partial charge in [-0.2, -0.15) is 0 Å². The number of imide groups is 1. The van der Waals surface area contributed by atoms with Gasteiger partial charge < -0.3 is 9.84 Å². The molecule has 38 heavy (non-hydrogen) atoms. The fourth-order valence-corrected chi connectivity index (χ4v) is 7.45. The summed E-state index contributed by atoms with van der Waals surface area (Å²) in [6, 6.07) is 7.34. The number of aliphatic hydroxyl groups is 1. The van der Waals surface area contributed by atoms with E-state index >= 15 is 0 Å². The second kappa shape index (κ2) is 9.77. The van der Waals surface area contributed by atoms with E-state index < -0.39 is 17.8 Å². The van der Waals surface area contributed by atoms with Gasteiger partial charge in [-0.25, -0.2) is 0 Å². The number of benzene rings is 1. The van der Waals surface area contributed by atoms with Gasteiger partial charge in [0.2, 0.25) is 11.8 Å². The van der Waals surface area contributed by atoms with Crippen molar-refractivity contribution < 1.29 is 29.0 Å². The van der Waals surface area contributed by atoms with Crippen LogP contribution < -0.4 is 4.74 Å². The van der Waals surface area contributed by atoms with Crippen molar-refractivity contribution in [1.29, 1.82) is 0 Å². The van der Waals surface area contributed by atoms with Crippen molar-refractivity contribution in [2.75, 3.05) is 13.2 Å². The highest BCUT2D eigenvalue weighted by molar-refractivity contribution is 6.24. The van der Waals surface area contributed by atoms with Gasteiger partial charge in [0.05, 0.1) is 18.4 Å². The van der Waals surface area contributed by atoms with Gasteiger partial charge in [0.1, 0.15) is 12.4 Å². The Labute approximate surface area is 222 Å². The summed E-state index contributed by atoms with van der Waals surface area (Å²) in [5, 5.41) is 9.38. The van der Waals surface area contributed by atoms with Gasteiger partial charge in [0.25, 0.3) is 0 Å². The van der Waals surface area contributed by atoms with Crippen LogP contribution >= 0.6 is 0 Å². The van der Waals surface area contributed by atoms with Crippen LogP contribution in [0.3, 0.4) is 0 Å². The van der Waals surface area contributed by atoms with Gasteiger partial charge in [-0.1, -0.05) is 49.1 Å². The predicted molar refractivity (Wildman–Crippen MR) is 139 cm³/mol. The summed E-state index contributed by atoms with van der Waals surface area (Å²) in [6.07, 6.45) is 9.06. The number of ketones is 2. The van der Waals surface area contributed by atoms with Crippen molar-refractivity contribution in [3.05, 3.63) is 64.3 Å². The third-order valence-electron chi connectivity index (χ3n) is 9.12. The monoisotopic (exact) mass is 515 g/mol. The summed E-state index contributed by atoms with van der Waals surface area (Å²) in [5.41, 5.74) is 2.96. The molecule has 1 heterocycles. The lowest BCUT2D eigenvalue weighted by Crippen LogP contribution is -2.43. The lowest BCUT2D eigenvalue weighted by Gasteiger charge is -2.42. The minimum atomic E-state index is -0.550. The number of carbonyl (C=O) groups is 4. The smallest absolute Gasteiger partial charge is 0.233 e. The number of nitrogens with zero attached hydrogens (tertiary/aromatic N) is 1. The Bertz CT molecular complexity index is 1310. The quantitative estimate of drug-likeness (QED) is 0.364. The Morgan fingerprint density at radius 2 is 1.76 bits per heavy atom. The number of para-hydroxylation sites is 1. The molecule has 0 unspecified atom stereocenters. The molecule has 5 aliphatic rings. The van der Waals surface area contributed by atoms with E-state index in [1.165, 1.54) is 6.08 Å². The summed E-state index contributed by atoms with van der Waals surface area (Å²) >= 11 is 0. The zero-order chi connectivity index (χ0) is 26.6. The standard InChI is InChI=1S/C31H33NO6/c1-17-15-24(34)23-16-22-19(26(28(23)29(17)35)20-9-5-6-10-25(20)38-14-13-33)11-12-21-27(22)31(37)32(30(21)36)18-7-3-2-4-8-18/h5-6,9-11,15,18,21-22,26-27,33H,2-4,7-8,12-14,16H2,1H3/t21-,22+,26+,27-/m0/s1. The number of fused-ring (bicyclic) bond motifs is 3. The molecule has 1 aliphatic heterocycles. The van der Waals surface area contributed by atoms with Crippen LogP contribution in [0.1, 0.15) is 63.4 Å². The molecule has 198 valence electrons. The Morgan fingerprint density at radius 1 is 1.00 bits per heavy atom. The van der Waals surface area contributed by atoms with Gasteiger partial charge in [0.15, 0.2) is 11.6 Å². The van der Waals surface area contributed by atoms with Gasteiger partial charge >= 0.3 is 0 Å². The maximum absolute atomic E-state index is 14.0. The molecule has 1 aromatic carbocycles. The molecular weight excluding hydrogens is 482 g/mol. The number of hydrogen-bond donors (Lipinski definition) is 1. The number of likely N-dealkylation sites (tertiary alicyclic amines) is 1. The molecule has 2 amide bonds. The Morgan fingerprint density at radius 3 is 2.53 bits per heavy atom. The zero-order valence-corrected chi connectivity index (χ0v) is 21.7. The first-order valence-corrected chi connectivity index (χ1v) is 13.8. The van der Waals surface area contributed by atoms with Crippen molar-refractivity contribution in [3.8, 4) is 5.75 Å². The predicted octanol–water partition coefficient (Wildman–Crippen LogP) is 3.82. The molecule has 1 saturated carbocycles. The molecule has 7 nitrogen and oxygen atoms in total. The second-order valence-corrected chi connectivity index (χ2v) is 11.2. The highest BCUT2D eigenvalue weighted by Gasteiger charge is 2.57. The van der Waals surface area contributed by atoms with Gasteiger partial charge in [0, 0.05) is 34.2 Å². The zero-order valence-electron chi connectivity index (χ0n) is 21.7. The first-order valence-electron chi connectivity index (χ1n) is 13.8. The summed E-state index contributed by atoms with van der Waals surface area (Å²) in [4.78, 5) is 56.0. The van der Waals surface area contributed by atoms with E-state index in [1.54, 1.807) is 17.9 Å². The molecule has 0 radical (unpaired) electrons. The molecule has 1 saturated heterocycles. The second-order valence-electron chi connectivity index (χ2n) is 11.2. The van der Waals surface area contributed by atoms with Crippen LogP contribution in [0.4, 0.5) is 0 Å². The third kappa shape index (κ3) is 3.82. The number of rotatable bonds is 5. The largest absolute Gasteiger partial charge is 0.491 e. The maximum Gasteiger partial charge on any atom is 0.233 e. The lowest BCUT2D eigenvalue weighted by atomic mass is 9.59. The Balaban J connectivity index is 1.46. The number of allylic oxidation sites excluding steroid dienone is 6. The third-order valence-corrected chi connectivity index (χ3v) is 9.12. The highest BCUT2D eigenvalue weighted by Crippen LogP contribution is 2.56. The molecule has 0 aromatic heterocycles. The van der Waals surface area contributed by atoms with Crippen LogP contribution in [0.5, 0.6) is 5.75 Å². The highest BCUT2D eigenvalue weighted by atomic mass is 16.5. The van der Waals surface area contributed by atoms with Crippen LogP contribution in [0.15, 0.2) is 58.7 Å². The van der Waals surface area contributed by atoms with Crippen LogP contribution in [0.25, 0.3) is 0 Å². The van der Waals surface area contributed by atoms with E-state index in [-0.39, 0.29) is 55.0 Å².